The SMILES string of the molecule is CC[C@H](O)CCSCc1ccccc1. The number of thioether (sulfide) groups is 1. The molecule has 78 valence electrons. The van der Waals surface area contributed by atoms with Crippen LogP contribution in [0.4, 0.5) is 0 Å². The molecule has 0 aliphatic heterocycles. The molecule has 0 radical (unpaired) electrons. The van der Waals surface area contributed by atoms with Gasteiger partial charge in [-0.15, -0.1) is 0 Å². The number of aliphatic hydroxyl groups is 1. The maximum absolute atomic E-state index is 9.34. The van der Waals surface area contributed by atoms with Crippen LogP contribution in [-0.2, 0) is 5.75 Å². The predicted octanol–water partition coefficient (Wildman–Crippen LogP) is 3.08. The van der Waals surface area contributed by atoms with Gasteiger partial charge in [0, 0.05) is 5.75 Å². The molecule has 14 heavy (non-hydrogen) atoms. The first-order chi connectivity index (χ1) is 6.83. The molecule has 0 unspecified atom stereocenters. The largest absolute Gasteiger partial charge is 0.393 e. The maximum Gasteiger partial charge on any atom is 0.0545 e. The van der Waals surface area contributed by atoms with Crippen LogP contribution < -0.4 is 0 Å². The van der Waals surface area contributed by atoms with Crippen LogP contribution in [0.15, 0.2) is 30.3 Å². The molecular formula is C12H18OS. The van der Waals surface area contributed by atoms with Gasteiger partial charge in [0.2, 0.25) is 0 Å². The van der Waals surface area contributed by atoms with Gasteiger partial charge in [0.05, 0.1) is 6.10 Å². The second-order valence-corrected chi connectivity index (χ2v) is 4.49. The van der Waals surface area contributed by atoms with Crippen LogP contribution in [-0.4, -0.2) is 17.0 Å². The smallest absolute Gasteiger partial charge is 0.0545 e. The molecule has 1 aromatic rings. The van der Waals surface area contributed by atoms with Crippen molar-refractivity contribution >= 4 is 11.8 Å². The molecule has 0 saturated carbocycles. The van der Waals surface area contributed by atoms with Crippen molar-refractivity contribution in [3.05, 3.63) is 35.9 Å². The molecule has 1 N–H and O–H groups in total. The monoisotopic (exact) mass is 210 g/mol. The van der Waals surface area contributed by atoms with Gasteiger partial charge in [-0.3, -0.25) is 0 Å². The van der Waals surface area contributed by atoms with Gasteiger partial charge in [-0.25, -0.2) is 0 Å². The molecule has 0 aliphatic rings. The van der Waals surface area contributed by atoms with Crippen molar-refractivity contribution in [2.45, 2.75) is 31.6 Å². The Hall–Kier alpha value is -0.470. The third-order valence-corrected chi connectivity index (χ3v) is 3.24. The van der Waals surface area contributed by atoms with Crippen LogP contribution in [0.1, 0.15) is 25.3 Å². The fraction of sp³-hybridized carbons (Fsp3) is 0.500. The lowest BCUT2D eigenvalue weighted by Crippen LogP contribution is -2.05. The van der Waals surface area contributed by atoms with E-state index in [0.29, 0.717) is 0 Å². The van der Waals surface area contributed by atoms with Gasteiger partial charge >= 0.3 is 0 Å². The quantitative estimate of drug-likeness (QED) is 0.728. The molecular weight excluding hydrogens is 192 g/mol. The Kier molecular flexibility index (Phi) is 5.72. The van der Waals surface area contributed by atoms with Gasteiger partial charge in [0.25, 0.3) is 0 Å². The van der Waals surface area contributed by atoms with Crippen LogP contribution in [0.25, 0.3) is 0 Å². The highest BCUT2D eigenvalue weighted by atomic mass is 32.2. The molecule has 1 rings (SSSR count). The molecule has 0 amide bonds. The van der Waals surface area contributed by atoms with Crippen molar-refractivity contribution < 1.29 is 5.11 Å². The Morgan fingerprint density at radius 2 is 2.00 bits per heavy atom. The van der Waals surface area contributed by atoms with Crippen molar-refractivity contribution in [1.29, 1.82) is 0 Å². The summed E-state index contributed by atoms with van der Waals surface area (Å²) in [6, 6.07) is 10.5. The molecule has 0 aromatic heterocycles. The van der Waals surface area contributed by atoms with Gasteiger partial charge in [-0.1, -0.05) is 37.3 Å². The minimum atomic E-state index is -0.113. The second kappa shape index (κ2) is 6.91. The van der Waals surface area contributed by atoms with Gasteiger partial charge in [0.1, 0.15) is 0 Å². The van der Waals surface area contributed by atoms with E-state index in [1.165, 1.54) is 5.56 Å². The highest BCUT2D eigenvalue weighted by Gasteiger charge is 1.99. The number of hydrogen-bond donors (Lipinski definition) is 1. The third-order valence-electron chi connectivity index (χ3n) is 2.18. The highest BCUT2D eigenvalue weighted by Crippen LogP contribution is 2.13. The summed E-state index contributed by atoms with van der Waals surface area (Å²) in [5, 5.41) is 9.34. The van der Waals surface area contributed by atoms with Crippen molar-refractivity contribution in [3.63, 3.8) is 0 Å². The van der Waals surface area contributed by atoms with Crippen LogP contribution in [0, 0.1) is 0 Å². The summed E-state index contributed by atoms with van der Waals surface area (Å²) < 4.78 is 0. The number of aliphatic hydroxyl groups excluding tert-OH is 1. The Labute approximate surface area is 90.5 Å². The number of benzene rings is 1. The van der Waals surface area contributed by atoms with E-state index in [4.69, 9.17) is 0 Å². The molecule has 2 heteroatoms. The molecule has 0 fully saturated rings. The van der Waals surface area contributed by atoms with Crippen molar-refractivity contribution in [1.82, 2.24) is 0 Å². The summed E-state index contributed by atoms with van der Waals surface area (Å²) in [7, 11) is 0. The minimum absolute atomic E-state index is 0.113. The first kappa shape index (κ1) is 11.6. The summed E-state index contributed by atoms with van der Waals surface area (Å²) in [6.07, 6.45) is 1.66. The maximum atomic E-state index is 9.34. The molecule has 0 spiro atoms. The van der Waals surface area contributed by atoms with Crippen LogP contribution >= 0.6 is 11.8 Å². The molecule has 1 atom stereocenters. The first-order valence-electron chi connectivity index (χ1n) is 5.12. The predicted molar refractivity (Wildman–Crippen MR) is 63.5 cm³/mol. The fourth-order valence-corrected chi connectivity index (χ4v) is 2.20. The summed E-state index contributed by atoms with van der Waals surface area (Å²) in [5.41, 5.74) is 1.36. The standard InChI is InChI=1S/C12H18OS/c1-2-12(13)8-9-14-10-11-6-4-3-5-7-11/h3-7,12-13H,2,8-10H2,1H3/t12-/m0/s1. The molecule has 0 saturated heterocycles. The van der Waals surface area contributed by atoms with Gasteiger partial charge in [-0.05, 0) is 24.2 Å². The summed E-state index contributed by atoms with van der Waals surface area (Å²) in [6.45, 7) is 2.02. The van der Waals surface area contributed by atoms with Crippen LogP contribution in [0.2, 0.25) is 0 Å². The van der Waals surface area contributed by atoms with Crippen molar-refractivity contribution in [2.24, 2.45) is 0 Å². The van der Waals surface area contributed by atoms with E-state index in [2.05, 4.69) is 24.3 Å². The lowest BCUT2D eigenvalue weighted by atomic mass is 10.2. The summed E-state index contributed by atoms with van der Waals surface area (Å²) in [5.74, 6) is 2.10. The Morgan fingerprint density at radius 3 is 2.64 bits per heavy atom. The van der Waals surface area contributed by atoms with E-state index in [-0.39, 0.29) is 6.10 Å². The van der Waals surface area contributed by atoms with Crippen molar-refractivity contribution in [3.8, 4) is 0 Å². The van der Waals surface area contributed by atoms with E-state index >= 15 is 0 Å². The zero-order valence-electron chi connectivity index (χ0n) is 8.65. The van der Waals surface area contributed by atoms with Gasteiger partial charge < -0.3 is 5.11 Å². The van der Waals surface area contributed by atoms with E-state index in [9.17, 15) is 5.11 Å². The molecule has 1 nitrogen and oxygen atoms in total. The Balaban J connectivity index is 2.10. The second-order valence-electron chi connectivity index (χ2n) is 3.39. The van der Waals surface area contributed by atoms with Crippen LogP contribution in [0.3, 0.4) is 0 Å². The minimum Gasteiger partial charge on any atom is -0.393 e. The van der Waals surface area contributed by atoms with E-state index < -0.39 is 0 Å². The highest BCUT2D eigenvalue weighted by molar-refractivity contribution is 7.98. The molecule has 0 heterocycles. The number of hydrogen-bond acceptors (Lipinski definition) is 2. The zero-order chi connectivity index (χ0) is 10.2. The van der Waals surface area contributed by atoms with E-state index in [1.54, 1.807) is 0 Å². The summed E-state index contributed by atoms with van der Waals surface area (Å²) >= 11 is 1.89. The number of rotatable bonds is 6. The van der Waals surface area contributed by atoms with Crippen molar-refractivity contribution in [2.75, 3.05) is 5.75 Å². The fourth-order valence-electron chi connectivity index (χ4n) is 1.19. The molecule has 0 bridgehead atoms. The topological polar surface area (TPSA) is 20.2 Å². The average Bonchev–Trinajstić information content (AvgIpc) is 2.25. The average molecular weight is 210 g/mol. The Morgan fingerprint density at radius 1 is 1.29 bits per heavy atom. The lowest BCUT2D eigenvalue weighted by Gasteiger charge is -2.06. The first-order valence-corrected chi connectivity index (χ1v) is 6.28. The normalized spacial score (nSPS) is 12.7. The lowest BCUT2D eigenvalue weighted by molar-refractivity contribution is 0.167. The van der Waals surface area contributed by atoms with E-state index in [0.717, 1.165) is 24.3 Å². The molecule has 1 aromatic carbocycles. The summed E-state index contributed by atoms with van der Waals surface area (Å²) in [4.78, 5) is 0. The van der Waals surface area contributed by atoms with Gasteiger partial charge in [0.15, 0.2) is 0 Å². The zero-order valence-corrected chi connectivity index (χ0v) is 9.46. The van der Waals surface area contributed by atoms with E-state index in [1.807, 2.05) is 24.8 Å². The van der Waals surface area contributed by atoms with Gasteiger partial charge in [-0.2, -0.15) is 11.8 Å². The Bertz CT molecular complexity index is 235. The third kappa shape index (κ3) is 4.68. The van der Waals surface area contributed by atoms with Crippen LogP contribution in [0.5, 0.6) is 0 Å². The molecule has 0 aliphatic carbocycles.